The number of guanidine groups is 1. The van der Waals surface area contributed by atoms with E-state index >= 15 is 0 Å². The third kappa shape index (κ3) is 6.16. The molecule has 4 rings (SSSR count). The summed E-state index contributed by atoms with van der Waals surface area (Å²) in [5.41, 5.74) is 2.52. The van der Waals surface area contributed by atoms with Crippen molar-refractivity contribution < 1.29 is 18.7 Å². The van der Waals surface area contributed by atoms with Crippen molar-refractivity contribution in [3.63, 3.8) is 0 Å². The van der Waals surface area contributed by atoms with Crippen LogP contribution in [0.15, 0.2) is 70.3 Å². The number of nitrogens with one attached hydrogen (secondary N) is 3. The van der Waals surface area contributed by atoms with Gasteiger partial charge < -0.3 is 29.8 Å². The van der Waals surface area contributed by atoms with Crippen molar-refractivity contribution in [2.75, 3.05) is 30.9 Å². The molecule has 168 valence electrons. The molecule has 3 aromatic rings. The predicted molar refractivity (Wildman–Crippen MR) is 134 cm³/mol. The lowest BCUT2D eigenvalue weighted by atomic mass is 10.2. The summed E-state index contributed by atoms with van der Waals surface area (Å²) in [7, 11) is 1.71. The first-order valence-electron chi connectivity index (χ1n) is 10.0. The lowest BCUT2D eigenvalue weighted by Gasteiger charge is -2.14. The number of benzene rings is 2. The molecule has 0 radical (unpaired) electrons. The van der Waals surface area contributed by atoms with E-state index in [9.17, 15) is 4.79 Å². The topological polar surface area (TPSA) is 97.1 Å². The Labute approximate surface area is 203 Å². The Morgan fingerprint density at radius 1 is 0.969 bits per heavy atom. The molecule has 3 N–H and O–H groups in total. The monoisotopic (exact) mass is 548 g/mol. The van der Waals surface area contributed by atoms with Gasteiger partial charge in [0.15, 0.2) is 23.2 Å². The van der Waals surface area contributed by atoms with Crippen LogP contribution in [0.2, 0.25) is 0 Å². The highest BCUT2D eigenvalue weighted by atomic mass is 127. The Hall–Kier alpha value is -3.21. The van der Waals surface area contributed by atoms with Crippen LogP contribution in [-0.4, -0.2) is 32.1 Å². The average molecular weight is 548 g/mol. The molecule has 0 unspecified atom stereocenters. The minimum absolute atomic E-state index is 0. The minimum Gasteiger partial charge on any atom is -0.490 e. The summed E-state index contributed by atoms with van der Waals surface area (Å²) in [5, 5.41) is 9.35. The highest BCUT2D eigenvalue weighted by Gasteiger charge is 2.12. The molecule has 8 nitrogen and oxygen atoms in total. The van der Waals surface area contributed by atoms with Crippen LogP contribution in [0.25, 0.3) is 0 Å². The number of ether oxygens (including phenoxy) is 2. The summed E-state index contributed by atoms with van der Waals surface area (Å²) in [5.74, 6) is 2.06. The van der Waals surface area contributed by atoms with Crippen LogP contribution in [0.5, 0.6) is 11.5 Å². The second-order valence-corrected chi connectivity index (χ2v) is 6.89. The number of nitrogens with zero attached hydrogens (tertiary/aromatic N) is 1. The molecule has 0 saturated carbocycles. The van der Waals surface area contributed by atoms with Crippen LogP contribution in [0.1, 0.15) is 22.5 Å². The molecule has 2 heterocycles. The van der Waals surface area contributed by atoms with Gasteiger partial charge in [-0.1, -0.05) is 12.1 Å². The maximum absolute atomic E-state index is 12.2. The molecule has 0 bridgehead atoms. The lowest BCUT2D eigenvalue weighted by Crippen LogP contribution is -2.30. The van der Waals surface area contributed by atoms with Crippen LogP contribution in [0.4, 0.5) is 11.4 Å². The minimum atomic E-state index is -0.290. The smallest absolute Gasteiger partial charge is 0.291 e. The van der Waals surface area contributed by atoms with Crippen molar-refractivity contribution in [3.05, 3.63) is 72.2 Å². The summed E-state index contributed by atoms with van der Waals surface area (Å²) in [4.78, 5) is 16.4. The van der Waals surface area contributed by atoms with Crippen molar-refractivity contribution in [2.45, 2.75) is 13.0 Å². The Balaban J connectivity index is 0.00000289. The van der Waals surface area contributed by atoms with E-state index in [1.165, 1.54) is 6.26 Å². The molecule has 0 fully saturated rings. The number of rotatable bonds is 5. The summed E-state index contributed by atoms with van der Waals surface area (Å²) in [6.45, 7) is 1.81. The number of furan rings is 1. The number of aliphatic imine (C=N–C) groups is 1. The van der Waals surface area contributed by atoms with Crippen LogP contribution in [-0.2, 0) is 6.54 Å². The Bertz CT molecular complexity index is 1070. The molecule has 1 aliphatic heterocycles. The first-order chi connectivity index (χ1) is 15.2. The van der Waals surface area contributed by atoms with Gasteiger partial charge >= 0.3 is 0 Å². The van der Waals surface area contributed by atoms with Crippen molar-refractivity contribution in [1.29, 1.82) is 0 Å². The van der Waals surface area contributed by atoms with Crippen LogP contribution in [0, 0.1) is 0 Å². The molecular weight excluding hydrogens is 523 g/mol. The second kappa shape index (κ2) is 11.4. The molecule has 0 saturated heterocycles. The number of fused-ring (bicyclic) bond motifs is 1. The highest BCUT2D eigenvalue weighted by Crippen LogP contribution is 2.32. The molecule has 9 heteroatoms. The van der Waals surface area contributed by atoms with E-state index in [4.69, 9.17) is 13.9 Å². The van der Waals surface area contributed by atoms with E-state index in [-0.39, 0.29) is 35.6 Å². The molecule has 2 aromatic carbocycles. The van der Waals surface area contributed by atoms with E-state index in [1.807, 2.05) is 42.5 Å². The fourth-order valence-electron chi connectivity index (χ4n) is 3.10. The number of hydrogen-bond donors (Lipinski definition) is 3. The number of carbonyl (C=O) groups is 1. The predicted octanol–water partition coefficient (Wildman–Crippen LogP) is 4.50. The van der Waals surface area contributed by atoms with Gasteiger partial charge in [-0.15, -0.1) is 24.0 Å². The summed E-state index contributed by atoms with van der Waals surface area (Å²) in [6.07, 6.45) is 2.33. The maximum atomic E-state index is 12.2. The van der Waals surface area contributed by atoms with Crippen molar-refractivity contribution in [1.82, 2.24) is 5.32 Å². The van der Waals surface area contributed by atoms with Gasteiger partial charge in [-0.2, -0.15) is 0 Å². The van der Waals surface area contributed by atoms with Gasteiger partial charge in [0.05, 0.1) is 19.5 Å². The Morgan fingerprint density at radius 3 is 2.56 bits per heavy atom. The first kappa shape index (κ1) is 23.5. The van der Waals surface area contributed by atoms with Crippen LogP contribution >= 0.6 is 24.0 Å². The first-order valence-corrected chi connectivity index (χ1v) is 10.0. The molecule has 0 atom stereocenters. The van der Waals surface area contributed by atoms with E-state index in [0.717, 1.165) is 29.2 Å². The number of halogens is 1. The third-order valence-electron chi connectivity index (χ3n) is 4.62. The fraction of sp³-hybridized carbons (Fsp3) is 0.217. The molecule has 0 spiro atoms. The van der Waals surface area contributed by atoms with E-state index < -0.39 is 0 Å². The van der Waals surface area contributed by atoms with Gasteiger partial charge in [0.25, 0.3) is 5.91 Å². The van der Waals surface area contributed by atoms with Crippen LogP contribution < -0.4 is 25.4 Å². The number of carbonyl (C=O) groups excluding carboxylic acids is 1. The zero-order valence-electron chi connectivity index (χ0n) is 17.6. The Morgan fingerprint density at radius 2 is 1.78 bits per heavy atom. The van der Waals surface area contributed by atoms with Gasteiger partial charge in [0.1, 0.15) is 0 Å². The molecule has 1 aliphatic rings. The average Bonchev–Trinajstić information content (AvgIpc) is 3.23. The zero-order chi connectivity index (χ0) is 21.5. The highest BCUT2D eigenvalue weighted by molar-refractivity contribution is 14.0. The fourth-order valence-corrected chi connectivity index (χ4v) is 3.10. The van der Waals surface area contributed by atoms with Gasteiger partial charge in [0.2, 0.25) is 0 Å². The van der Waals surface area contributed by atoms with E-state index in [0.29, 0.717) is 31.4 Å². The molecule has 32 heavy (non-hydrogen) atoms. The SMILES string of the molecule is CN=C(NCc1cccc(NC(=O)c2ccco2)c1)Nc1ccc2c(c1)OCCCO2.I. The van der Waals surface area contributed by atoms with Crippen molar-refractivity contribution in [2.24, 2.45) is 4.99 Å². The quantitative estimate of drug-likeness (QED) is 0.247. The van der Waals surface area contributed by atoms with Gasteiger partial charge in [-0.05, 0) is 42.0 Å². The lowest BCUT2D eigenvalue weighted by molar-refractivity contribution is 0.0996. The van der Waals surface area contributed by atoms with Gasteiger partial charge in [-0.3, -0.25) is 9.79 Å². The zero-order valence-corrected chi connectivity index (χ0v) is 19.9. The van der Waals surface area contributed by atoms with Crippen molar-refractivity contribution >= 4 is 47.2 Å². The van der Waals surface area contributed by atoms with Crippen molar-refractivity contribution in [3.8, 4) is 11.5 Å². The van der Waals surface area contributed by atoms with Gasteiger partial charge in [0, 0.05) is 37.5 Å². The molecule has 1 aromatic heterocycles. The standard InChI is InChI=1S/C23H24N4O4.HI/c1-24-23(27-18-8-9-19-21(14-18)31-12-4-11-29-19)25-15-16-5-2-6-17(13-16)26-22(28)20-7-3-10-30-20;/h2-3,5-10,13-14H,4,11-12,15H2,1H3,(H,26,28)(H2,24,25,27);1H. The summed E-state index contributed by atoms with van der Waals surface area (Å²) in [6, 6.07) is 16.6. The Kier molecular flexibility index (Phi) is 8.37. The summed E-state index contributed by atoms with van der Waals surface area (Å²) >= 11 is 0. The molecule has 0 aliphatic carbocycles. The number of anilines is 2. The number of hydrogen-bond acceptors (Lipinski definition) is 5. The third-order valence-corrected chi connectivity index (χ3v) is 4.62. The van der Waals surface area contributed by atoms with Gasteiger partial charge in [-0.25, -0.2) is 0 Å². The second-order valence-electron chi connectivity index (χ2n) is 6.89. The largest absolute Gasteiger partial charge is 0.490 e. The molecular formula is C23H25IN4O4. The van der Waals surface area contributed by atoms with E-state index in [2.05, 4.69) is 20.9 Å². The van der Waals surface area contributed by atoms with E-state index in [1.54, 1.807) is 19.2 Å². The normalized spacial score (nSPS) is 12.8. The maximum Gasteiger partial charge on any atom is 0.291 e. The number of amides is 1. The van der Waals surface area contributed by atoms with Crippen LogP contribution in [0.3, 0.4) is 0 Å². The summed E-state index contributed by atoms with van der Waals surface area (Å²) < 4.78 is 16.5. The molecule has 1 amide bonds.